The van der Waals surface area contributed by atoms with Crippen LogP contribution >= 0.6 is 0 Å². The number of hydrogen-bond acceptors (Lipinski definition) is 2. The summed E-state index contributed by atoms with van der Waals surface area (Å²) in [4.78, 5) is 12.2. The molecule has 114 valence electrons. The minimum Gasteiger partial charge on any atom is -0.395 e. The minimum atomic E-state index is -0.0406. The van der Waals surface area contributed by atoms with Gasteiger partial charge in [-0.15, -0.1) is 0 Å². The van der Waals surface area contributed by atoms with Crippen LogP contribution in [0.2, 0.25) is 0 Å². The van der Waals surface area contributed by atoms with Gasteiger partial charge in [-0.25, -0.2) is 0 Å². The van der Waals surface area contributed by atoms with Gasteiger partial charge in [0.25, 0.3) is 5.91 Å². The van der Waals surface area contributed by atoms with Crippen LogP contribution in [0.1, 0.15) is 55.1 Å². The predicted octanol–water partition coefficient (Wildman–Crippen LogP) is 2.89. The first kappa shape index (κ1) is 17.3. The molecule has 0 spiro atoms. The van der Waals surface area contributed by atoms with Crippen LogP contribution in [0.5, 0.6) is 0 Å². The van der Waals surface area contributed by atoms with E-state index in [2.05, 4.69) is 31.0 Å². The molecule has 1 aromatic carbocycles. The maximum atomic E-state index is 12.2. The topological polar surface area (TPSA) is 49.3 Å². The number of amides is 1. The van der Waals surface area contributed by atoms with Gasteiger partial charge in [0.2, 0.25) is 0 Å². The standard InChI is InChI=1S/C18H25NO2/c1-13(2)11-15(4)19-18(21)17-9-8-16(14(3)12-17)7-5-6-10-20/h8-9,12-13,15,20H,6,10-11H2,1-4H3,(H,19,21). The number of hydrogen-bond donors (Lipinski definition) is 2. The second-order valence-electron chi connectivity index (χ2n) is 5.81. The fourth-order valence-corrected chi connectivity index (χ4v) is 2.23. The molecule has 0 heterocycles. The highest BCUT2D eigenvalue weighted by Gasteiger charge is 2.11. The third-order valence-corrected chi connectivity index (χ3v) is 3.15. The van der Waals surface area contributed by atoms with Crippen molar-refractivity contribution in [3.8, 4) is 11.8 Å². The van der Waals surface area contributed by atoms with E-state index in [0.29, 0.717) is 17.9 Å². The Bertz CT molecular complexity index is 538. The van der Waals surface area contributed by atoms with Crippen LogP contribution in [0.3, 0.4) is 0 Å². The van der Waals surface area contributed by atoms with E-state index in [0.717, 1.165) is 17.5 Å². The van der Waals surface area contributed by atoms with Gasteiger partial charge in [0.15, 0.2) is 0 Å². The number of carbonyl (C=O) groups excluding carboxylic acids is 1. The molecule has 1 rings (SSSR count). The summed E-state index contributed by atoms with van der Waals surface area (Å²) in [5.41, 5.74) is 2.54. The number of benzene rings is 1. The molecule has 3 nitrogen and oxygen atoms in total. The zero-order chi connectivity index (χ0) is 15.8. The molecule has 0 aliphatic carbocycles. The Hall–Kier alpha value is -1.79. The van der Waals surface area contributed by atoms with Gasteiger partial charge in [-0.1, -0.05) is 25.7 Å². The molecule has 1 aromatic rings. The molecule has 0 bridgehead atoms. The van der Waals surface area contributed by atoms with Gasteiger partial charge in [0, 0.05) is 23.6 Å². The largest absolute Gasteiger partial charge is 0.395 e. The second-order valence-corrected chi connectivity index (χ2v) is 5.81. The van der Waals surface area contributed by atoms with Gasteiger partial charge in [-0.3, -0.25) is 4.79 Å². The van der Waals surface area contributed by atoms with Crippen LogP contribution in [-0.4, -0.2) is 23.7 Å². The molecule has 0 saturated carbocycles. The summed E-state index contributed by atoms with van der Waals surface area (Å²) in [6.45, 7) is 8.33. The maximum absolute atomic E-state index is 12.2. The number of aliphatic hydroxyl groups excluding tert-OH is 1. The number of aliphatic hydroxyl groups is 1. The first-order valence-corrected chi connectivity index (χ1v) is 7.45. The smallest absolute Gasteiger partial charge is 0.251 e. The summed E-state index contributed by atoms with van der Waals surface area (Å²) >= 11 is 0. The van der Waals surface area contributed by atoms with Crippen molar-refractivity contribution < 1.29 is 9.90 Å². The van der Waals surface area contributed by atoms with Gasteiger partial charge >= 0.3 is 0 Å². The number of carbonyl (C=O) groups is 1. The average molecular weight is 287 g/mol. The maximum Gasteiger partial charge on any atom is 0.251 e. The monoisotopic (exact) mass is 287 g/mol. The highest BCUT2D eigenvalue weighted by molar-refractivity contribution is 5.94. The SMILES string of the molecule is Cc1cc(C(=O)NC(C)CC(C)C)ccc1C#CCCO. The molecule has 0 saturated heterocycles. The molecule has 2 N–H and O–H groups in total. The molecule has 0 aliphatic rings. The van der Waals surface area contributed by atoms with Gasteiger partial charge in [-0.2, -0.15) is 0 Å². The summed E-state index contributed by atoms with van der Waals surface area (Å²) in [5.74, 6) is 6.42. The summed E-state index contributed by atoms with van der Waals surface area (Å²) in [6, 6.07) is 5.69. The van der Waals surface area contributed by atoms with Gasteiger partial charge in [0.1, 0.15) is 0 Å². The van der Waals surface area contributed by atoms with Crippen molar-refractivity contribution in [3.05, 3.63) is 34.9 Å². The van der Waals surface area contributed by atoms with Crippen LogP contribution in [0.25, 0.3) is 0 Å². The summed E-state index contributed by atoms with van der Waals surface area (Å²) in [6.07, 6.45) is 1.43. The molecule has 0 aliphatic heterocycles. The van der Waals surface area contributed by atoms with Crippen molar-refractivity contribution in [2.75, 3.05) is 6.61 Å². The van der Waals surface area contributed by atoms with E-state index in [9.17, 15) is 4.79 Å². The molecule has 0 radical (unpaired) electrons. The fraction of sp³-hybridized carbons (Fsp3) is 0.500. The van der Waals surface area contributed by atoms with Crippen LogP contribution in [0.4, 0.5) is 0 Å². The molecule has 1 atom stereocenters. The molecule has 21 heavy (non-hydrogen) atoms. The first-order valence-electron chi connectivity index (χ1n) is 7.45. The Morgan fingerprint density at radius 2 is 2.05 bits per heavy atom. The van der Waals surface area contributed by atoms with Crippen molar-refractivity contribution in [2.24, 2.45) is 5.92 Å². The third kappa shape index (κ3) is 6.01. The summed E-state index contributed by atoms with van der Waals surface area (Å²) in [7, 11) is 0. The van der Waals surface area contributed by atoms with E-state index in [4.69, 9.17) is 5.11 Å². The molecule has 1 amide bonds. The van der Waals surface area contributed by atoms with Crippen LogP contribution in [0.15, 0.2) is 18.2 Å². The van der Waals surface area contributed by atoms with E-state index in [-0.39, 0.29) is 18.6 Å². The zero-order valence-electron chi connectivity index (χ0n) is 13.4. The normalized spacial score (nSPS) is 11.7. The molecule has 0 fully saturated rings. The average Bonchev–Trinajstić information content (AvgIpc) is 2.39. The molecular weight excluding hydrogens is 262 g/mol. The van der Waals surface area contributed by atoms with E-state index >= 15 is 0 Å². The summed E-state index contributed by atoms with van der Waals surface area (Å²) < 4.78 is 0. The Kier molecular flexibility index (Phi) is 6.98. The molecule has 1 unspecified atom stereocenters. The van der Waals surface area contributed by atoms with Gasteiger partial charge < -0.3 is 10.4 Å². The fourth-order valence-electron chi connectivity index (χ4n) is 2.23. The van der Waals surface area contributed by atoms with Gasteiger partial charge in [-0.05, 0) is 49.9 Å². The third-order valence-electron chi connectivity index (χ3n) is 3.15. The Morgan fingerprint density at radius 1 is 1.33 bits per heavy atom. The van der Waals surface area contributed by atoms with Crippen molar-refractivity contribution in [2.45, 2.75) is 46.6 Å². The zero-order valence-corrected chi connectivity index (χ0v) is 13.4. The number of aryl methyl sites for hydroxylation is 1. The molecular formula is C18H25NO2. The minimum absolute atomic E-state index is 0.0406. The Labute approximate surface area is 127 Å². The Morgan fingerprint density at radius 3 is 2.62 bits per heavy atom. The van der Waals surface area contributed by atoms with Crippen molar-refractivity contribution in [3.63, 3.8) is 0 Å². The predicted molar refractivity (Wildman–Crippen MR) is 86.1 cm³/mol. The Balaban J connectivity index is 2.75. The van der Waals surface area contributed by atoms with Crippen LogP contribution in [0, 0.1) is 24.7 Å². The van der Waals surface area contributed by atoms with Crippen molar-refractivity contribution in [1.82, 2.24) is 5.32 Å². The quantitative estimate of drug-likeness (QED) is 0.818. The second kappa shape index (κ2) is 8.49. The van der Waals surface area contributed by atoms with E-state index in [1.165, 1.54) is 0 Å². The lowest BCUT2D eigenvalue weighted by Gasteiger charge is -2.16. The first-order chi connectivity index (χ1) is 9.93. The van der Waals surface area contributed by atoms with Crippen LogP contribution in [-0.2, 0) is 0 Å². The molecule has 3 heteroatoms. The van der Waals surface area contributed by atoms with Crippen molar-refractivity contribution in [1.29, 1.82) is 0 Å². The lowest BCUT2D eigenvalue weighted by molar-refractivity contribution is 0.0936. The van der Waals surface area contributed by atoms with E-state index in [1.807, 2.05) is 26.0 Å². The highest BCUT2D eigenvalue weighted by atomic mass is 16.2. The number of rotatable bonds is 5. The van der Waals surface area contributed by atoms with Gasteiger partial charge in [0.05, 0.1) is 6.61 Å². The highest BCUT2D eigenvalue weighted by Crippen LogP contribution is 2.11. The van der Waals surface area contributed by atoms with Crippen LogP contribution < -0.4 is 5.32 Å². The van der Waals surface area contributed by atoms with Crippen molar-refractivity contribution >= 4 is 5.91 Å². The lowest BCUT2D eigenvalue weighted by Crippen LogP contribution is -2.33. The molecule has 0 aromatic heterocycles. The number of nitrogens with one attached hydrogen (secondary N) is 1. The van der Waals surface area contributed by atoms with E-state index < -0.39 is 0 Å². The lowest BCUT2D eigenvalue weighted by atomic mass is 10.0. The van der Waals surface area contributed by atoms with E-state index in [1.54, 1.807) is 6.07 Å². The summed E-state index contributed by atoms with van der Waals surface area (Å²) in [5, 5.41) is 11.7.